The standard InChI is InChI=1S/C11H23NO/c1-9(2)11(3)7-5-6-10(13-11)8-12-4/h9-10,12H,5-8H2,1-4H3. The quantitative estimate of drug-likeness (QED) is 0.727. The average Bonchev–Trinajstić information content (AvgIpc) is 2.04. The molecule has 1 aliphatic rings. The minimum absolute atomic E-state index is 0.111. The van der Waals surface area contributed by atoms with Gasteiger partial charge in [0.25, 0.3) is 0 Å². The second kappa shape index (κ2) is 4.43. The van der Waals surface area contributed by atoms with Crippen LogP contribution in [0, 0.1) is 5.92 Å². The third-order valence-corrected chi connectivity index (χ3v) is 3.29. The Balaban J connectivity index is 2.49. The molecule has 0 amide bonds. The molecule has 2 atom stereocenters. The molecule has 1 rings (SSSR count). The number of nitrogens with one attached hydrogen (secondary N) is 1. The Hall–Kier alpha value is -0.0800. The van der Waals surface area contributed by atoms with E-state index in [9.17, 15) is 0 Å². The van der Waals surface area contributed by atoms with Gasteiger partial charge in [0, 0.05) is 6.54 Å². The predicted molar refractivity (Wildman–Crippen MR) is 55.9 cm³/mol. The van der Waals surface area contributed by atoms with Crippen LogP contribution >= 0.6 is 0 Å². The van der Waals surface area contributed by atoms with Crippen LogP contribution in [0.1, 0.15) is 40.0 Å². The van der Waals surface area contributed by atoms with Crippen molar-refractivity contribution < 1.29 is 4.74 Å². The summed E-state index contributed by atoms with van der Waals surface area (Å²) in [5.74, 6) is 0.618. The van der Waals surface area contributed by atoms with Gasteiger partial charge in [-0.25, -0.2) is 0 Å². The fourth-order valence-corrected chi connectivity index (χ4v) is 1.98. The van der Waals surface area contributed by atoms with Crippen LogP contribution in [0.5, 0.6) is 0 Å². The molecule has 0 aliphatic carbocycles. The topological polar surface area (TPSA) is 21.3 Å². The summed E-state index contributed by atoms with van der Waals surface area (Å²) < 4.78 is 6.11. The maximum atomic E-state index is 6.11. The largest absolute Gasteiger partial charge is 0.370 e. The lowest BCUT2D eigenvalue weighted by molar-refractivity contribution is -0.139. The lowest BCUT2D eigenvalue weighted by Crippen LogP contribution is -2.45. The van der Waals surface area contributed by atoms with Crippen LogP contribution in [0.2, 0.25) is 0 Å². The first-order chi connectivity index (χ1) is 6.08. The third-order valence-electron chi connectivity index (χ3n) is 3.29. The van der Waals surface area contributed by atoms with E-state index < -0.39 is 0 Å². The lowest BCUT2D eigenvalue weighted by atomic mass is 9.84. The molecule has 0 spiro atoms. The highest BCUT2D eigenvalue weighted by Crippen LogP contribution is 2.34. The van der Waals surface area contributed by atoms with Gasteiger partial charge in [-0.05, 0) is 39.2 Å². The molecule has 0 bridgehead atoms. The maximum absolute atomic E-state index is 6.11. The zero-order valence-electron chi connectivity index (χ0n) is 9.39. The van der Waals surface area contributed by atoms with Gasteiger partial charge in [-0.3, -0.25) is 0 Å². The normalized spacial score (nSPS) is 35.3. The monoisotopic (exact) mass is 185 g/mol. The van der Waals surface area contributed by atoms with Gasteiger partial charge in [0.15, 0.2) is 0 Å². The molecule has 1 aliphatic heterocycles. The first kappa shape index (κ1) is 11.0. The van der Waals surface area contributed by atoms with E-state index in [0.717, 1.165) is 6.54 Å². The van der Waals surface area contributed by atoms with E-state index in [4.69, 9.17) is 4.74 Å². The molecule has 1 saturated heterocycles. The summed E-state index contributed by atoms with van der Waals surface area (Å²) in [7, 11) is 1.99. The van der Waals surface area contributed by atoms with Crippen molar-refractivity contribution >= 4 is 0 Å². The fourth-order valence-electron chi connectivity index (χ4n) is 1.98. The summed E-state index contributed by atoms with van der Waals surface area (Å²) >= 11 is 0. The number of rotatable bonds is 3. The molecule has 0 saturated carbocycles. The smallest absolute Gasteiger partial charge is 0.0706 e. The summed E-state index contributed by atoms with van der Waals surface area (Å²) in [4.78, 5) is 0. The van der Waals surface area contributed by atoms with Crippen molar-refractivity contribution in [1.29, 1.82) is 0 Å². The van der Waals surface area contributed by atoms with Crippen LogP contribution in [0.15, 0.2) is 0 Å². The van der Waals surface area contributed by atoms with Gasteiger partial charge in [-0.1, -0.05) is 13.8 Å². The summed E-state index contributed by atoms with van der Waals surface area (Å²) in [6, 6.07) is 0. The average molecular weight is 185 g/mol. The van der Waals surface area contributed by atoms with Crippen molar-refractivity contribution in [1.82, 2.24) is 5.32 Å². The van der Waals surface area contributed by atoms with Crippen LogP contribution in [-0.2, 0) is 4.74 Å². The summed E-state index contributed by atoms with van der Waals surface area (Å²) in [6.07, 6.45) is 4.15. The van der Waals surface area contributed by atoms with Crippen molar-refractivity contribution in [3.63, 3.8) is 0 Å². The molecule has 0 aromatic heterocycles. The zero-order valence-corrected chi connectivity index (χ0v) is 9.39. The summed E-state index contributed by atoms with van der Waals surface area (Å²) in [5, 5.41) is 3.19. The fraction of sp³-hybridized carbons (Fsp3) is 1.00. The predicted octanol–water partition coefficient (Wildman–Crippen LogP) is 2.19. The Morgan fingerprint density at radius 1 is 1.54 bits per heavy atom. The van der Waals surface area contributed by atoms with Crippen molar-refractivity contribution in [3.8, 4) is 0 Å². The molecule has 1 N–H and O–H groups in total. The first-order valence-corrected chi connectivity index (χ1v) is 5.41. The van der Waals surface area contributed by atoms with Crippen LogP contribution in [0.25, 0.3) is 0 Å². The number of ether oxygens (including phenoxy) is 1. The molecule has 0 aromatic carbocycles. The van der Waals surface area contributed by atoms with Crippen molar-refractivity contribution in [3.05, 3.63) is 0 Å². The molecule has 2 unspecified atom stereocenters. The molecule has 2 nitrogen and oxygen atoms in total. The van der Waals surface area contributed by atoms with Crippen molar-refractivity contribution in [2.24, 2.45) is 5.92 Å². The maximum Gasteiger partial charge on any atom is 0.0706 e. The van der Waals surface area contributed by atoms with Gasteiger partial charge in [-0.2, -0.15) is 0 Å². The summed E-state index contributed by atoms with van der Waals surface area (Å²) in [6.45, 7) is 7.74. The molecule has 0 radical (unpaired) electrons. The SMILES string of the molecule is CNCC1CCCC(C)(C(C)C)O1. The van der Waals surface area contributed by atoms with Gasteiger partial charge in [0.05, 0.1) is 11.7 Å². The van der Waals surface area contributed by atoms with Crippen molar-refractivity contribution in [2.75, 3.05) is 13.6 Å². The molecule has 1 fully saturated rings. The Morgan fingerprint density at radius 2 is 2.23 bits per heavy atom. The van der Waals surface area contributed by atoms with E-state index in [2.05, 4.69) is 26.1 Å². The molecule has 13 heavy (non-hydrogen) atoms. The second-order valence-electron chi connectivity index (χ2n) is 4.66. The van der Waals surface area contributed by atoms with E-state index in [-0.39, 0.29) is 5.60 Å². The second-order valence-corrected chi connectivity index (χ2v) is 4.66. The van der Waals surface area contributed by atoms with Crippen LogP contribution in [0.4, 0.5) is 0 Å². The van der Waals surface area contributed by atoms with Crippen molar-refractivity contribution in [2.45, 2.75) is 51.7 Å². The van der Waals surface area contributed by atoms with Crippen LogP contribution in [-0.4, -0.2) is 25.3 Å². The summed E-state index contributed by atoms with van der Waals surface area (Å²) in [5.41, 5.74) is 0.111. The van der Waals surface area contributed by atoms with Gasteiger partial charge >= 0.3 is 0 Å². The van der Waals surface area contributed by atoms with E-state index in [1.54, 1.807) is 0 Å². The van der Waals surface area contributed by atoms with E-state index in [1.807, 2.05) is 7.05 Å². The molecule has 0 aromatic rings. The van der Waals surface area contributed by atoms with E-state index in [1.165, 1.54) is 19.3 Å². The molecule has 78 valence electrons. The minimum atomic E-state index is 0.111. The number of hydrogen-bond donors (Lipinski definition) is 1. The molecular formula is C11H23NO. The zero-order chi connectivity index (χ0) is 9.90. The van der Waals surface area contributed by atoms with Crippen LogP contribution < -0.4 is 5.32 Å². The van der Waals surface area contributed by atoms with E-state index in [0.29, 0.717) is 12.0 Å². The lowest BCUT2D eigenvalue weighted by Gasteiger charge is -2.41. The van der Waals surface area contributed by atoms with E-state index >= 15 is 0 Å². The highest BCUT2D eigenvalue weighted by molar-refractivity contribution is 4.85. The number of hydrogen-bond acceptors (Lipinski definition) is 2. The van der Waals surface area contributed by atoms with Gasteiger partial charge in [-0.15, -0.1) is 0 Å². The number of likely N-dealkylation sites (N-methyl/N-ethyl adjacent to an activating group) is 1. The van der Waals surface area contributed by atoms with Gasteiger partial charge < -0.3 is 10.1 Å². The molecule has 1 heterocycles. The molecule has 2 heteroatoms. The Labute approximate surface area is 82.0 Å². The molecular weight excluding hydrogens is 162 g/mol. The Bertz CT molecular complexity index is 156. The first-order valence-electron chi connectivity index (χ1n) is 5.41. The minimum Gasteiger partial charge on any atom is -0.370 e. The Kier molecular flexibility index (Phi) is 3.74. The highest BCUT2D eigenvalue weighted by Gasteiger charge is 2.35. The van der Waals surface area contributed by atoms with Gasteiger partial charge in [0.1, 0.15) is 0 Å². The third kappa shape index (κ3) is 2.68. The highest BCUT2D eigenvalue weighted by atomic mass is 16.5. The van der Waals surface area contributed by atoms with Crippen LogP contribution in [0.3, 0.4) is 0 Å². The Morgan fingerprint density at radius 3 is 2.77 bits per heavy atom. The van der Waals surface area contributed by atoms with Gasteiger partial charge in [0.2, 0.25) is 0 Å².